The van der Waals surface area contributed by atoms with Gasteiger partial charge in [-0.25, -0.2) is 8.42 Å². The lowest BCUT2D eigenvalue weighted by molar-refractivity contribution is -0.141. The van der Waals surface area contributed by atoms with Crippen LogP contribution in [0.3, 0.4) is 0 Å². The fourth-order valence-electron chi connectivity index (χ4n) is 4.65. The molecule has 0 unspecified atom stereocenters. The maximum absolute atomic E-state index is 13.9. The van der Waals surface area contributed by atoms with Gasteiger partial charge < -0.3 is 10.2 Å². The number of benzene rings is 3. The van der Waals surface area contributed by atoms with E-state index in [0.29, 0.717) is 27.7 Å². The average molecular weight is 633 g/mol. The monoisotopic (exact) mass is 631 g/mol. The summed E-state index contributed by atoms with van der Waals surface area (Å²) in [7, 11) is -3.59. The van der Waals surface area contributed by atoms with Gasteiger partial charge >= 0.3 is 0 Å². The largest absolute Gasteiger partial charge is 0.352 e. The second-order valence-electron chi connectivity index (χ2n) is 10.8. The van der Waals surface area contributed by atoms with Crippen molar-refractivity contribution < 1.29 is 18.0 Å². The van der Waals surface area contributed by atoms with Crippen LogP contribution < -0.4 is 9.62 Å². The minimum absolute atomic E-state index is 0.0301. The molecule has 0 spiro atoms. The van der Waals surface area contributed by atoms with Gasteiger partial charge in [0.25, 0.3) is 0 Å². The van der Waals surface area contributed by atoms with Crippen molar-refractivity contribution in [2.75, 3.05) is 17.1 Å². The Morgan fingerprint density at radius 1 is 0.929 bits per heavy atom. The topological polar surface area (TPSA) is 86.8 Å². The van der Waals surface area contributed by atoms with Gasteiger partial charge in [-0.2, -0.15) is 0 Å². The number of anilines is 1. The predicted molar refractivity (Wildman–Crippen MR) is 172 cm³/mol. The molecule has 42 heavy (non-hydrogen) atoms. The highest BCUT2D eigenvalue weighted by molar-refractivity contribution is 7.92. The first-order valence-electron chi connectivity index (χ1n) is 13.9. The number of hydrogen-bond donors (Lipinski definition) is 1. The first-order valence-corrected chi connectivity index (χ1v) is 16.5. The molecule has 7 nitrogen and oxygen atoms in total. The molecule has 3 aromatic rings. The molecule has 0 aromatic heterocycles. The van der Waals surface area contributed by atoms with Crippen molar-refractivity contribution >= 4 is 50.7 Å². The van der Waals surface area contributed by atoms with E-state index in [2.05, 4.69) is 5.32 Å². The molecule has 0 aliphatic heterocycles. The Bertz CT molecular complexity index is 1500. The summed E-state index contributed by atoms with van der Waals surface area (Å²) in [6, 6.07) is 19.1. The molecule has 226 valence electrons. The van der Waals surface area contributed by atoms with Crippen LogP contribution in [0.25, 0.3) is 0 Å². The second kappa shape index (κ2) is 14.9. The van der Waals surface area contributed by atoms with Crippen LogP contribution in [0.1, 0.15) is 48.9 Å². The number of aryl methyl sites for hydroxylation is 2. The van der Waals surface area contributed by atoms with Gasteiger partial charge in [-0.3, -0.25) is 13.9 Å². The maximum atomic E-state index is 13.9. The summed E-state index contributed by atoms with van der Waals surface area (Å²) in [5, 5.41) is 3.81. The van der Waals surface area contributed by atoms with Crippen LogP contribution in [0.5, 0.6) is 0 Å². The van der Waals surface area contributed by atoms with Crippen molar-refractivity contribution in [2.24, 2.45) is 0 Å². The highest BCUT2D eigenvalue weighted by Gasteiger charge is 2.31. The molecule has 0 aliphatic rings. The van der Waals surface area contributed by atoms with E-state index in [1.54, 1.807) is 29.2 Å². The van der Waals surface area contributed by atoms with Crippen molar-refractivity contribution in [1.29, 1.82) is 0 Å². The molecular weight excluding hydrogens is 593 g/mol. The predicted octanol–water partition coefficient (Wildman–Crippen LogP) is 6.32. The molecule has 10 heteroatoms. The SMILES string of the molecule is Cc1ccc(N(CCCC(=O)N(Cc2ccc(Cl)cc2Cl)[C@@H](Cc2ccccc2)C(=O)NC(C)C)S(C)(=O)=O)cc1C. The lowest BCUT2D eigenvalue weighted by Gasteiger charge is -2.32. The zero-order valence-corrected chi connectivity index (χ0v) is 27.1. The summed E-state index contributed by atoms with van der Waals surface area (Å²) in [5.74, 6) is -0.561. The fourth-order valence-corrected chi connectivity index (χ4v) is 6.08. The van der Waals surface area contributed by atoms with Crippen LogP contribution in [0.15, 0.2) is 66.7 Å². The molecule has 0 heterocycles. The van der Waals surface area contributed by atoms with E-state index in [4.69, 9.17) is 23.2 Å². The molecule has 1 atom stereocenters. The minimum atomic E-state index is -3.59. The van der Waals surface area contributed by atoms with Crippen LogP contribution >= 0.6 is 23.2 Å². The third kappa shape index (κ3) is 9.48. The highest BCUT2D eigenvalue weighted by Crippen LogP contribution is 2.26. The van der Waals surface area contributed by atoms with Crippen LogP contribution in [0, 0.1) is 13.8 Å². The summed E-state index contributed by atoms with van der Waals surface area (Å²) < 4.78 is 26.7. The van der Waals surface area contributed by atoms with Crippen LogP contribution in [0.2, 0.25) is 10.0 Å². The highest BCUT2D eigenvalue weighted by atomic mass is 35.5. The van der Waals surface area contributed by atoms with Gasteiger partial charge in [0.15, 0.2) is 0 Å². The lowest BCUT2D eigenvalue weighted by Crippen LogP contribution is -2.51. The van der Waals surface area contributed by atoms with Crippen molar-refractivity contribution in [3.63, 3.8) is 0 Å². The first-order chi connectivity index (χ1) is 19.8. The van der Waals surface area contributed by atoms with Crippen LogP contribution in [0.4, 0.5) is 5.69 Å². The Morgan fingerprint density at radius 2 is 1.62 bits per heavy atom. The van der Waals surface area contributed by atoms with E-state index >= 15 is 0 Å². The molecule has 0 aliphatic carbocycles. The van der Waals surface area contributed by atoms with E-state index in [1.807, 2.05) is 70.2 Å². The zero-order chi connectivity index (χ0) is 31.0. The summed E-state index contributed by atoms with van der Waals surface area (Å²) in [4.78, 5) is 29.0. The Morgan fingerprint density at radius 3 is 2.21 bits per heavy atom. The lowest BCUT2D eigenvalue weighted by atomic mass is 10.0. The summed E-state index contributed by atoms with van der Waals surface area (Å²) in [6.45, 7) is 7.83. The van der Waals surface area contributed by atoms with E-state index < -0.39 is 16.1 Å². The minimum Gasteiger partial charge on any atom is -0.352 e. The molecular formula is C32H39Cl2N3O4S. The van der Waals surface area contributed by atoms with Crippen molar-refractivity contribution in [2.45, 2.75) is 65.6 Å². The molecule has 0 bridgehead atoms. The molecule has 0 fully saturated rings. The van der Waals surface area contributed by atoms with Gasteiger partial charge in [0, 0.05) is 42.0 Å². The molecule has 0 saturated carbocycles. The van der Waals surface area contributed by atoms with E-state index in [0.717, 1.165) is 22.9 Å². The van der Waals surface area contributed by atoms with Gasteiger partial charge in [-0.1, -0.05) is 65.7 Å². The number of sulfonamides is 1. The quantitative estimate of drug-likeness (QED) is 0.239. The number of rotatable bonds is 13. The van der Waals surface area contributed by atoms with Crippen LogP contribution in [-0.2, 0) is 32.6 Å². The van der Waals surface area contributed by atoms with E-state index in [1.165, 1.54) is 4.31 Å². The molecule has 2 amide bonds. The number of nitrogens with zero attached hydrogens (tertiary/aromatic N) is 2. The molecule has 0 saturated heterocycles. The number of carbonyl (C=O) groups is 2. The Balaban J connectivity index is 1.91. The van der Waals surface area contributed by atoms with Gasteiger partial charge in [-0.15, -0.1) is 0 Å². The third-order valence-corrected chi connectivity index (χ3v) is 8.77. The average Bonchev–Trinajstić information content (AvgIpc) is 2.90. The summed E-state index contributed by atoms with van der Waals surface area (Å²) in [6.07, 6.45) is 1.75. The smallest absolute Gasteiger partial charge is 0.243 e. The van der Waals surface area contributed by atoms with Gasteiger partial charge in [0.1, 0.15) is 6.04 Å². The van der Waals surface area contributed by atoms with Gasteiger partial charge in [0.2, 0.25) is 21.8 Å². The molecule has 1 N–H and O–H groups in total. The Labute approximate surface area is 259 Å². The molecule has 3 aromatic carbocycles. The standard InChI is InChI=1S/C32H39Cl2N3O4S/c1-22(2)35-32(39)30(19-25-10-7-6-8-11-25)36(21-26-14-15-27(33)20-29(26)34)31(38)12-9-17-37(42(5,40)41)28-16-13-23(3)24(4)18-28/h6-8,10-11,13-16,18,20,22,30H,9,12,17,19,21H2,1-5H3,(H,35,39)/t30-/m0/s1. The maximum Gasteiger partial charge on any atom is 0.243 e. The summed E-state index contributed by atoms with van der Waals surface area (Å²) in [5.41, 5.74) is 4.14. The Hall–Kier alpha value is -3.07. The van der Waals surface area contributed by atoms with Crippen molar-refractivity contribution in [3.8, 4) is 0 Å². The van der Waals surface area contributed by atoms with Gasteiger partial charge in [-0.05, 0) is 80.6 Å². The van der Waals surface area contributed by atoms with Crippen LogP contribution in [-0.4, -0.2) is 50.0 Å². The normalized spacial score (nSPS) is 12.2. The molecule has 3 rings (SSSR count). The Kier molecular flexibility index (Phi) is 11.9. The van der Waals surface area contributed by atoms with Gasteiger partial charge in [0.05, 0.1) is 11.9 Å². The summed E-state index contributed by atoms with van der Waals surface area (Å²) >= 11 is 12.6. The van der Waals surface area contributed by atoms with E-state index in [-0.39, 0.29) is 43.8 Å². The number of carbonyl (C=O) groups excluding carboxylic acids is 2. The number of halogens is 2. The third-order valence-electron chi connectivity index (χ3n) is 6.99. The first kappa shape index (κ1) is 33.4. The van der Waals surface area contributed by atoms with E-state index in [9.17, 15) is 18.0 Å². The number of nitrogens with one attached hydrogen (secondary N) is 1. The second-order valence-corrected chi connectivity index (χ2v) is 13.6. The number of hydrogen-bond acceptors (Lipinski definition) is 4. The fraction of sp³-hybridized carbons (Fsp3) is 0.375. The van der Waals surface area contributed by atoms with Crippen molar-refractivity contribution in [3.05, 3.63) is 99.0 Å². The number of amides is 2. The molecule has 0 radical (unpaired) electrons. The van der Waals surface area contributed by atoms with Crippen molar-refractivity contribution in [1.82, 2.24) is 10.2 Å². The zero-order valence-electron chi connectivity index (χ0n) is 24.7.